The Labute approximate surface area is 220 Å². The van der Waals surface area contributed by atoms with Crippen LogP contribution < -0.4 is 4.90 Å². The van der Waals surface area contributed by atoms with Crippen molar-refractivity contribution in [3.8, 4) is 0 Å². The Kier molecular flexibility index (Phi) is 8.63. The number of alkyl halides is 3. The molecule has 4 rings (SSSR count). The molecule has 3 heterocycles. The minimum absolute atomic E-state index is 0.354. The third-order valence-electron chi connectivity index (χ3n) is 6.84. The van der Waals surface area contributed by atoms with Gasteiger partial charge in [-0.15, -0.1) is 10.2 Å². The van der Waals surface area contributed by atoms with Crippen molar-refractivity contribution in [2.75, 3.05) is 50.9 Å². The van der Waals surface area contributed by atoms with Gasteiger partial charge in [-0.05, 0) is 61.7 Å². The zero-order valence-corrected chi connectivity index (χ0v) is 22.2. The number of rotatable bonds is 10. The van der Waals surface area contributed by atoms with Crippen molar-refractivity contribution >= 4 is 29.3 Å². The summed E-state index contributed by atoms with van der Waals surface area (Å²) in [7, 11) is 5.75. The Morgan fingerprint density at radius 2 is 1.95 bits per heavy atom. The number of likely N-dealkylation sites (tertiary alicyclic amines) is 1. The summed E-state index contributed by atoms with van der Waals surface area (Å²) in [6.45, 7) is 3.83. The second-order valence-corrected chi connectivity index (χ2v) is 10.8. The molecule has 2 atom stereocenters. The SMILES string of the molecule is CN(C)/C=C(\C=C/C=O)c1nnc(SCCCN2C[C@@H]3CCN(c4ccc(C(F)(F)F)cc4)[C@@H]3C2)n1C. The number of hydrogen-bond donors (Lipinski definition) is 0. The first-order valence-electron chi connectivity index (χ1n) is 12.4. The number of carbonyl (C=O) groups is 1. The van der Waals surface area contributed by atoms with Gasteiger partial charge in [-0.25, -0.2) is 0 Å². The van der Waals surface area contributed by atoms with E-state index in [2.05, 4.69) is 20.0 Å². The van der Waals surface area contributed by atoms with Crippen molar-refractivity contribution in [2.45, 2.75) is 30.2 Å². The highest BCUT2D eigenvalue weighted by Gasteiger charge is 2.41. The van der Waals surface area contributed by atoms with Gasteiger partial charge < -0.3 is 19.3 Å². The number of aldehydes is 1. The molecule has 1 aromatic heterocycles. The molecule has 2 aliphatic rings. The summed E-state index contributed by atoms with van der Waals surface area (Å²) in [4.78, 5) is 17.4. The summed E-state index contributed by atoms with van der Waals surface area (Å²) in [5.41, 5.74) is 1.08. The fourth-order valence-electron chi connectivity index (χ4n) is 5.13. The van der Waals surface area contributed by atoms with E-state index in [0.29, 0.717) is 17.8 Å². The number of anilines is 1. The van der Waals surface area contributed by atoms with Gasteiger partial charge >= 0.3 is 6.18 Å². The lowest BCUT2D eigenvalue weighted by Gasteiger charge is -2.27. The Morgan fingerprint density at radius 1 is 1.19 bits per heavy atom. The Bertz CT molecular complexity index is 1130. The molecule has 2 aromatic rings. The molecule has 0 spiro atoms. The lowest BCUT2D eigenvalue weighted by Crippen LogP contribution is -2.35. The number of nitrogens with zero attached hydrogens (tertiary/aromatic N) is 6. The first-order valence-corrected chi connectivity index (χ1v) is 13.3. The number of aromatic nitrogens is 3. The lowest BCUT2D eigenvalue weighted by atomic mass is 10.0. The largest absolute Gasteiger partial charge is 0.416 e. The van der Waals surface area contributed by atoms with Crippen LogP contribution in [0.3, 0.4) is 0 Å². The Balaban J connectivity index is 1.28. The van der Waals surface area contributed by atoms with Crippen molar-refractivity contribution in [3.63, 3.8) is 0 Å². The van der Waals surface area contributed by atoms with Crippen LogP contribution >= 0.6 is 11.8 Å². The molecule has 1 aromatic carbocycles. The van der Waals surface area contributed by atoms with Gasteiger partial charge in [-0.1, -0.05) is 11.8 Å². The molecule has 0 bridgehead atoms. The molecule has 0 radical (unpaired) electrons. The molecule has 0 aliphatic carbocycles. The van der Waals surface area contributed by atoms with Crippen molar-refractivity contribution in [2.24, 2.45) is 13.0 Å². The van der Waals surface area contributed by atoms with Crippen LogP contribution in [0.15, 0.2) is 47.8 Å². The smallest absolute Gasteiger partial charge is 0.383 e. The highest BCUT2D eigenvalue weighted by Crippen LogP contribution is 2.37. The van der Waals surface area contributed by atoms with Crippen LogP contribution in [-0.4, -0.2) is 82.9 Å². The van der Waals surface area contributed by atoms with E-state index in [-0.39, 0.29) is 0 Å². The summed E-state index contributed by atoms with van der Waals surface area (Å²) in [5.74, 6) is 2.15. The van der Waals surface area contributed by atoms with Gasteiger partial charge in [0.2, 0.25) is 0 Å². The molecule has 0 unspecified atom stereocenters. The van der Waals surface area contributed by atoms with Crippen LogP contribution in [-0.2, 0) is 18.0 Å². The highest BCUT2D eigenvalue weighted by molar-refractivity contribution is 7.99. The molecular formula is C26H33F3N6OS. The van der Waals surface area contributed by atoms with E-state index in [4.69, 9.17) is 0 Å². The van der Waals surface area contributed by atoms with E-state index in [1.54, 1.807) is 30.0 Å². The normalized spacial score (nSPS) is 20.7. The van der Waals surface area contributed by atoms with E-state index in [9.17, 15) is 18.0 Å². The van der Waals surface area contributed by atoms with Crippen molar-refractivity contribution in [1.82, 2.24) is 24.6 Å². The summed E-state index contributed by atoms with van der Waals surface area (Å²) >= 11 is 1.66. The number of hydrogen-bond acceptors (Lipinski definition) is 7. The molecule has 2 fully saturated rings. The van der Waals surface area contributed by atoms with Gasteiger partial charge in [0.1, 0.15) is 6.29 Å². The highest BCUT2D eigenvalue weighted by atomic mass is 32.2. The molecule has 37 heavy (non-hydrogen) atoms. The molecule has 2 aliphatic heterocycles. The second kappa shape index (κ2) is 11.7. The molecule has 200 valence electrons. The summed E-state index contributed by atoms with van der Waals surface area (Å²) in [6, 6.07) is 5.93. The van der Waals surface area contributed by atoms with Crippen LogP contribution in [0, 0.1) is 5.92 Å². The van der Waals surface area contributed by atoms with Crippen LogP contribution in [0.2, 0.25) is 0 Å². The van der Waals surface area contributed by atoms with Crippen molar-refractivity contribution < 1.29 is 18.0 Å². The number of benzene rings is 1. The topological polar surface area (TPSA) is 57.5 Å². The third-order valence-corrected chi connectivity index (χ3v) is 7.95. The van der Waals surface area contributed by atoms with Crippen LogP contribution in [0.1, 0.15) is 24.2 Å². The van der Waals surface area contributed by atoms with Gasteiger partial charge in [0.05, 0.1) is 5.56 Å². The first kappa shape index (κ1) is 27.3. The van der Waals surface area contributed by atoms with Crippen LogP contribution in [0.25, 0.3) is 5.57 Å². The van der Waals surface area contributed by atoms with Gasteiger partial charge in [0.15, 0.2) is 11.0 Å². The summed E-state index contributed by atoms with van der Waals surface area (Å²) in [6.07, 6.45) is 3.57. The number of fused-ring (bicyclic) bond motifs is 1. The van der Waals surface area contributed by atoms with Gasteiger partial charge in [-0.2, -0.15) is 13.2 Å². The van der Waals surface area contributed by atoms with Gasteiger partial charge in [0.25, 0.3) is 0 Å². The average molecular weight is 535 g/mol. The zero-order chi connectivity index (χ0) is 26.6. The predicted molar refractivity (Wildman–Crippen MR) is 140 cm³/mol. The minimum Gasteiger partial charge on any atom is -0.383 e. The van der Waals surface area contributed by atoms with E-state index >= 15 is 0 Å². The van der Waals surface area contributed by atoms with E-state index in [0.717, 1.165) is 67.5 Å². The fourth-order valence-corrected chi connectivity index (χ4v) is 5.97. The minimum atomic E-state index is -4.31. The molecule has 0 N–H and O–H groups in total. The predicted octanol–water partition coefficient (Wildman–Crippen LogP) is 4.18. The quantitative estimate of drug-likeness (QED) is 0.149. The molecule has 2 saturated heterocycles. The lowest BCUT2D eigenvalue weighted by molar-refractivity contribution is -0.137. The molecule has 11 heteroatoms. The van der Waals surface area contributed by atoms with E-state index < -0.39 is 11.7 Å². The molecule has 0 amide bonds. The fraction of sp³-hybridized carbons (Fsp3) is 0.500. The second-order valence-electron chi connectivity index (χ2n) is 9.72. The standard InChI is InChI=1S/C26H33F3N6OS/c1-32(2)16-20(6-4-14-36)24-30-31-25(33(24)3)37-15-5-12-34-17-19-11-13-35(23(19)18-34)22-9-7-21(8-10-22)26(27,28)29/h4,6-10,14,16,19,23H,5,11-13,15,17-18H2,1-3H3/b6-4-,20-16+/t19-,23+/m0/s1. The monoisotopic (exact) mass is 534 g/mol. The average Bonchev–Trinajstić information content (AvgIpc) is 3.53. The maximum absolute atomic E-state index is 12.9. The Morgan fingerprint density at radius 3 is 2.62 bits per heavy atom. The maximum Gasteiger partial charge on any atom is 0.416 e. The number of allylic oxidation sites excluding steroid dienone is 3. The van der Waals surface area contributed by atoms with Gasteiger partial charge in [0, 0.05) is 70.0 Å². The van der Waals surface area contributed by atoms with Gasteiger partial charge in [-0.3, -0.25) is 4.79 Å². The van der Waals surface area contributed by atoms with Crippen LogP contribution in [0.4, 0.5) is 18.9 Å². The van der Waals surface area contributed by atoms with E-state index in [1.165, 1.54) is 18.2 Å². The summed E-state index contributed by atoms with van der Waals surface area (Å²) < 4.78 is 40.7. The molecule has 0 saturated carbocycles. The van der Waals surface area contributed by atoms with Crippen LogP contribution in [0.5, 0.6) is 0 Å². The number of halogens is 3. The number of thioether (sulfide) groups is 1. The van der Waals surface area contributed by atoms with E-state index in [1.807, 2.05) is 36.8 Å². The first-order chi connectivity index (χ1) is 17.7. The maximum atomic E-state index is 12.9. The third kappa shape index (κ3) is 6.56. The molecular weight excluding hydrogens is 501 g/mol. The molecule has 7 nitrogen and oxygen atoms in total. The zero-order valence-electron chi connectivity index (χ0n) is 21.4. The van der Waals surface area contributed by atoms with Crippen molar-refractivity contribution in [3.05, 3.63) is 54.0 Å². The van der Waals surface area contributed by atoms with Crippen molar-refractivity contribution in [1.29, 1.82) is 0 Å². The summed E-state index contributed by atoms with van der Waals surface area (Å²) in [5, 5.41) is 9.49. The number of carbonyl (C=O) groups excluding carboxylic acids is 1. The Hall–Kier alpha value is -2.79.